The lowest BCUT2D eigenvalue weighted by atomic mass is 10.1. The van der Waals surface area contributed by atoms with Crippen LogP contribution in [0.4, 0.5) is 0 Å². The molecule has 4 heterocycles. The van der Waals surface area contributed by atoms with Crippen LogP contribution in [0.15, 0.2) is 243 Å². The highest BCUT2D eigenvalue weighted by atomic mass is 28.3. The van der Waals surface area contributed by atoms with Gasteiger partial charge in [-0.1, -0.05) is 170 Å². The van der Waals surface area contributed by atoms with Crippen molar-refractivity contribution in [3.05, 3.63) is 243 Å². The lowest BCUT2D eigenvalue weighted by Gasteiger charge is -2.38. The molecule has 0 aliphatic heterocycles. The smallest absolute Gasteiger partial charge is 0.340 e. The van der Waals surface area contributed by atoms with Gasteiger partial charge in [-0.3, -0.25) is 0 Å². The van der Waals surface area contributed by atoms with Gasteiger partial charge in [0.1, 0.15) is 0 Å². The van der Waals surface area contributed by atoms with Crippen LogP contribution in [-0.2, 0) is 0 Å². The molecule has 10 aromatic carbocycles. The fourth-order valence-electron chi connectivity index (χ4n) is 11.4. The Balaban J connectivity index is 1.07. The molecule has 0 aliphatic rings. The summed E-state index contributed by atoms with van der Waals surface area (Å²) in [6.07, 6.45) is 0. The number of benzene rings is 10. The molecule has 0 spiro atoms. The van der Waals surface area contributed by atoms with Gasteiger partial charge in [-0.2, -0.15) is 0 Å². The average Bonchev–Trinajstić information content (AvgIpc) is 4.11. The van der Waals surface area contributed by atoms with E-state index in [1.165, 1.54) is 97.6 Å². The van der Waals surface area contributed by atoms with Gasteiger partial charge in [0.15, 0.2) is 0 Å². The maximum atomic E-state index is 2.76. The zero-order valence-electron chi connectivity index (χ0n) is 35.4. The van der Waals surface area contributed by atoms with Gasteiger partial charge in [-0.25, -0.2) is 0 Å². The molecular weight excluding hydrogens is 805 g/mol. The van der Waals surface area contributed by atoms with Crippen LogP contribution in [0, 0.1) is 0 Å². The maximum Gasteiger partial charge on any atom is 0.340 e. The monoisotopic (exact) mass is 844 g/mol. The van der Waals surface area contributed by atoms with Gasteiger partial charge in [-0.15, -0.1) is 0 Å². The Hall–Kier alpha value is -8.38. The van der Waals surface area contributed by atoms with E-state index < -0.39 is 8.40 Å². The highest BCUT2D eigenvalue weighted by Gasteiger charge is 2.47. The number of aromatic nitrogens is 4. The van der Waals surface area contributed by atoms with E-state index in [0.717, 1.165) is 11.4 Å². The normalized spacial score (nSPS) is 12.3. The summed E-state index contributed by atoms with van der Waals surface area (Å²) in [5.74, 6) is 0. The number of rotatable bonds is 6. The lowest BCUT2D eigenvalue weighted by molar-refractivity contribution is 1.15. The SMILES string of the molecule is c1ccc([Si](c2ccccc2)(n2c3ccccc3c3ccccc32)n2c3ccccc3c3cc(-n4c5ccccc5c5cc(-n6c7ccccc7c7ccccc76)ccc54)ccc32)cc1. The minimum absolute atomic E-state index is 1.14. The average molecular weight is 845 g/mol. The zero-order chi connectivity index (χ0) is 42.6. The molecule has 14 rings (SSSR count). The summed E-state index contributed by atoms with van der Waals surface area (Å²) >= 11 is 0. The minimum atomic E-state index is -3.27. The first-order valence-electron chi connectivity index (χ1n) is 22.4. The number of hydrogen-bond donors (Lipinski definition) is 0. The molecule has 4 aromatic heterocycles. The van der Waals surface area contributed by atoms with Crippen molar-refractivity contribution in [2.24, 2.45) is 0 Å². The molecule has 0 unspecified atom stereocenters. The van der Waals surface area contributed by atoms with Crippen LogP contribution in [0.2, 0.25) is 0 Å². The second kappa shape index (κ2) is 13.8. The molecule has 0 atom stereocenters. The van der Waals surface area contributed by atoms with E-state index in [9.17, 15) is 0 Å². The Morgan fingerprint density at radius 3 is 0.892 bits per heavy atom. The van der Waals surface area contributed by atoms with Gasteiger partial charge in [0, 0.05) is 76.5 Å². The van der Waals surface area contributed by atoms with Gasteiger partial charge < -0.3 is 17.6 Å². The predicted octanol–water partition coefficient (Wildman–Crippen LogP) is 13.7. The summed E-state index contributed by atoms with van der Waals surface area (Å²) in [6.45, 7) is 0. The van der Waals surface area contributed by atoms with Crippen molar-refractivity contribution in [1.82, 2.24) is 17.6 Å². The summed E-state index contributed by atoms with van der Waals surface area (Å²) in [6, 6.07) is 90.3. The first-order chi connectivity index (χ1) is 32.3. The Labute approximate surface area is 375 Å². The van der Waals surface area contributed by atoms with E-state index in [2.05, 4.69) is 260 Å². The third-order valence-electron chi connectivity index (χ3n) is 14.0. The molecule has 0 bridgehead atoms. The van der Waals surface area contributed by atoms with Crippen LogP contribution < -0.4 is 10.4 Å². The summed E-state index contributed by atoms with van der Waals surface area (Å²) in [7, 11) is -3.27. The quantitative estimate of drug-likeness (QED) is 0.149. The van der Waals surface area contributed by atoms with Gasteiger partial charge in [0.2, 0.25) is 0 Å². The van der Waals surface area contributed by atoms with E-state index in [1.807, 2.05) is 0 Å². The molecule has 65 heavy (non-hydrogen) atoms. The van der Waals surface area contributed by atoms with Crippen molar-refractivity contribution in [2.75, 3.05) is 0 Å². The molecule has 14 aromatic rings. The second-order valence-corrected chi connectivity index (χ2v) is 20.6. The van der Waals surface area contributed by atoms with Crippen LogP contribution in [0.25, 0.3) is 98.6 Å². The van der Waals surface area contributed by atoms with E-state index in [-0.39, 0.29) is 0 Å². The number of para-hydroxylation sites is 6. The van der Waals surface area contributed by atoms with Crippen LogP contribution in [0.5, 0.6) is 0 Å². The Morgan fingerprint density at radius 2 is 0.477 bits per heavy atom. The molecule has 0 amide bonds. The van der Waals surface area contributed by atoms with Crippen molar-refractivity contribution in [3.8, 4) is 11.4 Å². The molecule has 0 N–H and O–H groups in total. The topological polar surface area (TPSA) is 19.7 Å². The van der Waals surface area contributed by atoms with E-state index in [4.69, 9.17) is 0 Å². The third-order valence-corrected chi connectivity index (χ3v) is 18.5. The minimum Gasteiger partial charge on any atom is -0.342 e. The predicted molar refractivity (Wildman–Crippen MR) is 276 cm³/mol. The van der Waals surface area contributed by atoms with Crippen LogP contribution in [-0.4, -0.2) is 26.0 Å². The molecule has 0 fully saturated rings. The maximum absolute atomic E-state index is 3.27. The molecule has 4 nitrogen and oxygen atoms in total. The number of fused-ring (bicyclic) bond motifs is 12. The first-order valence-corrected chi connectivity index (χ1v) is 24.3. The van der Waals surface area contributed by atoms with Crippen LogP contribution >= 0.6 is 0 Å². The molecule has 0 saturated heterocycles. The molecule has 0 aliphatic carbocycles. The van der Waals surface area contributed by atoms with Crippen molar-refractivity contribution < 1.29 is 0 Å². The summed E-state index contributed by atoms with van der Waals surface area (Å²) < 4.78 is 10.4. The van der Waals surface area contributed by atoms with Gasteiger partial charge in [0.05, 0.1) is 22.1 Å². The largest absolute Gasteiger partial charge is 0.342 e. The van der Waals surface area contributed by atoms with Crippen molar-refractivity contribution in [1.29, 1.82) is 0 Å². The van der Waals surface area contributed by atoms with Crippen LogP contribution in [0.3, 0.4) is 0 Å². The Kier molecular flexibility index (Phi) is 7.68. The van der Waals surface area contributed by atoms with Gasteiger partial charge in [-0.05, 0) is 83.2 Å². The standard InChI is InChI=1S/C60H40N4Si/c1-3-19-43(20-4-1)65(44-21-5-2-6-22-44,63-57-32-16-10-25-47(57)48-26-11-17-33-58(48)63)64-59-34-18-12-28-50(59)52-40-42(36-38-60(52)64)62-55-31-15-9-27-49(55)51-39-41(35-37-56(51)62)61-53-29-13-7-23-45(53)46-24-8-14-30-54(46)61/h1-40H. The highest BCUT2D eigenvalue weighted by molar-refractivity contribution is 7.01. The van der Waals surface area contributed by atoms with Gasteiger partial charge >= 0.3 is 8.40 Å². The van der Waals surface area contributed by atoms with Crippen molar-refractivity contribution in [2.45, 2.75) is 0 Å². The first kappa shape index (κ1) is 36.1. The Bertz CT molecular complexity index is 4040. The molecular formula is C60H40N4Si. The third kappa shape index (κ3) is 4.96. The molecule has 5 heteroatoms. The lowest BCUT2D eigenvalue weighted by Crippen LogP contribution is -2.69. The fraction of sp³-hybridized carbons (Fsp3) is 0. The molecule has 0 radical (unpaired) electrons. The van der Waals surface area contributed by atoms with E-state index >= 15 is 0 Å². The number of nitrogens with zero attached hydrogens (tertiary/aromatic N) is 4. The van der Waals surface area contributed by atoms with E-state index in [0.29, 0.717) is 0 Å². The second-order valence-electron chi connectivity index (χ2n) is 17.3. The summed E-state index contributed by atoms with van der Waals surface area (Å²) in [4.78, 5) is 0. The van der Waals surface area contributed by atoms with E-state index in [1.54, 1.807) is 0 Å². The molecule has 304 valence electrons. The highest BCUT2D eigenvalue weighted by Crippen LogP contribution is 2.41. The summed E-state index contributed by atoms with van der Waals surface area (Å²) in [5, 5.41) is 12.6. The van der Waals surface area contributed by atoms with Crippen LogP contribution in [0.1, 0.15) is 0 Å². The zero-order valence-corrected chi connectivity index (χ0v) is 36.4. The van der Waals surface area contributed by atoms with Gasteiger partial charge in [0.25, 0.3) is 0 Å². The molecule has 0 saturated carbocycles. The number of hydrogen-bond acceptors (Lipinski definition) is 0. The Morgan fingerprint density at radius 1 is 0.215 bits per heavy atom. The summed E-state index contributed by atoms with van der Waals surface area (Å²) in [5.41, 5.74) is 12.0. The van der Waals surface area contributed by atoms with Crippen molar-refractivity contribution in [3.63, 3.8) is 0 Å². The fourth-order valence-corrected chi connectivity index (χ4v) is 16.5. The van der Waals surface area contributed by atoms with Crippen molar-refractivity contribution >= 4 is 106 Å².